The van der Waals surface area contributed by atoms with Crippen LogP contribution in [-0.2, 0) is 0 Å². The van der Waals surface area contributed by atoms with Crippen LogP contribution in [0.4, 0.5) is 0 Å². The van der Waals surface area contributed by atoms with Crippen LogP contribution in [0.1, 0.15) is 5.56 Å². The van der Waals surface area contributed by atoms with Gasteiger partial charge in [-0.25, -0.2) is 0 Å². The fourth-order valence-electron chi connectivity index (χ4n) is 1.40. The Labute approximate surface area is 105 Å². The van der Waals surface area contributed by atoms with Crippen LogP contribution < -0.4 is 0 Å². The number of nitrogens with one attached hydrogen (secondary N) is 1. The Kier molecular flexibility index (Phi) is 3.71. The fourth-order valence-corrected chi connectivity index (χ4v) is 1.40. The number of H-pyrrole nitrogens is 1. The average molecular weight is 239 g/mol. The molecule has 0 aliphatic heterocycles. The Morgan fingerprint density at radius 3 is 2.44 bits per heavy atom. The van der Waals surface area contributed by atoms with Crippen molar-refractivity contribution in [3.05, 3.63) is 60.7 Å². The first-order valence-electron chi connectivity index (χ1n) is 5.47. The number of para-hydroxylation sites is 1. The SMILES string of the molecule is C=Cc1ccc(O)cc1.c1ccc2[nH]nnc2c1. The molecular weight excluding hydrogens is 226 g/mol. The molecule has 4 nitrogen and oxygen atoms in total. The molecule has 4 heteroatoms. The van der Waals surface area contributed by atoms with Gasteiger partial charge in [-0.05, 0) is 29.8 Å². The first-order chi connectivity index (χ1) is 8.79. The molecule has 18 heavy (non-hydrogen) atoms. The quantitative estimate of drug-likeness (QED) is 0.686. The highest BCUT2D eigenvalue weighted by Gasteiger charge is 1.90. The van der Waals surface area contributed by atoms with E-state index in [1.165, 1.54) is 0 Å². The minimum atomic E-state index is 0.292. The molecule has 0 fully saturated rings. The van der Waals surface area contributed by atoms with Crippen LogP contribution >= 0.6 is 0 Å². The van der Waals surface area contributed by atoms with Crippen LogP contribution in [0.5, 0.6) is 5.75 Å². The van der Waals surface area contributed by atoms with E-state index in [-0.39, 0.29) is 0 Å². The van der Waals surface area contributed by atoms with Crippen LogP contribution in [-0.4, -0.2) is 20.5 Å². The van der Waals surface area contributed by atoms with Crippen LogP contribution in [0.15, 0.2) is 55.1 Å². The highest BCUT2D eigenvalue weighted by atomic mass is 16.3. The van der Waals surface area contributed by atoms with Gasteiger partial charge in [-0.15, -0.1) is 5.10 Å². The Morgan fingerprint density at radius 1 is 1.06 bits per heavy atom. The molecule has 0 atom stereocenters. The number of aromatic amines is 1. The Hall–Kier alpha value is -2.62. The van der Waals surface area contributed by atoms with Crippen molar-refractivity contribution >= 4 is 17.1 Å². The number of nitrogens with zero attached hydrogens (tertiary/aromatic N) is 2. The highest BCUT2D eigenvalue weighted by Crippen LogP contribution is 2.09. The number of hydrogen-bond acceptors (Lipinski definition) is 3. The molecule has 1 heterocycles. The van der Waals surface area contributed by atoms with E-state index in [9.17, 15) is 0 Å². The summed E-state index contributed by atoms with van der Waals surface area (Å²) in [6.45, 7) is 3.58. The van der Waals surface area contributed by atoms with Gasteiger partial charge in [-0.3, -0.25) is 5.10 Å². The van der Waals surface area contributed by atoms with Crippen LogP contribution in [0, 0.1) is 0 Å². The number of phenols is 1. The summed E-state index contributed by atoms with van der Waals surface area (Å²) in [5.74, 6) is 0.292. The molecule has 0 saturated heterocycles. The summed E-state index contributed by atoms with van der Waals surface area (Å²) >= 11 is 0. The molecule has 2 aromatic carbocycles. The normalized spacial score (nSPS) is 9.56. The molecule has 2 N–H and O–H groups in total. The van der Waals surface area contributed by atoms with Crippen molar-refractivity contribution in [2.75, 3.05) is 0 Å². The summed E-state index contributed by atoms with van der Waals surface area (Å²) in [5.41, 5.74) is 2.92. The largest absolute Gasteiger partial charge is 0.508 e. The summed E-state index contributed by atoms with van der Waals surface area (Å²) in [6.07, 6.45) is 1.74. The smallest absolute Gasteiger partial charge is 0.115 e. The number of phenolic OH excluding ortho intramolecular Hbond substituents is 1. The maximum atomic E-state index is 8.82. The third-order valence-corrected chi connectivity index (χ3v) is 2.36. The molecule has 90 valence electrons. The van der Waals surface area contributed by atoms with Gasteiger partial charge in [0.2, 0.25) is 0 Å². The lowest BCUT2D eigenvalue weighted by atomic mass is 10.2. The minimum Gasteiger partial charge on any atom is -0.508 e. The van der Waals surface area contributed by atoms with E-state index in [0.29, 0.717) is 5.75 Å². The van der Waals surface area contributed by atoms with Crippen LogP contribution in [0.3, 0.4) is 0 Å². The lowest BCUT2D eigenvalue weighted by Gasteiger charge is -1.90. The molecule has 0 saturated carbocycles. The van der Waals surface area contributed by atoms with E-state index in [1.54, 1.807) is 18.2 Å². The summed E-state index contributed by atoms with van der Waals surface area (Å²) in [5, 5.41) is 19.0. The number of benzene rings is 2. The second kappa shape index (κ2) is 5.63. The standard InChI is InChI=1S/C8H8O.C6H5N3/c1-2-7-3-5-8(9)6-4-7;1-2-4-6-5(3-1)7-9-8-6/h2-6,9H,1H2;1-4H,(H,7,8,9). The Bertz CT molecular complexity index is 599. The van der Waals surface area contributed by atoms with E-state index in [4.69, 9.17) is 5.11 Å². The summed E-state index contributed by atoms with van der Waals surface area (Å²) in [6, 6.07) is 14.6. The van der Waals surface area contributed by atoms with Crippen molar-refractivity contribution in [1.29, 1.82) is 0 Å². The lowest BCUT2D eigenvalue weighted by Crippen LogP contribution is -1.67. The average Bonchev–Trinajstić information content (AvgIpc) is 2.89. The number of aromatic nitrogens is 3. The lowest BCUT2D eigenvalue weighted by molar-refractivity contribution is 0.475. The van der Waals surface area contributed by atoms with Crippen LogP contribution in [0.2, 0.25) is 0 Å². The van der Waals surface area contributed by atoms with Gasteiger partial charge >= 0.3 is 0 Å². The van der Waals surface area contributed by atoms with Crippen molar-refractivity contribution in [3.8, 4) is 5.75 Å². The highest BCUT2D eigenvalue weighted by molar-refractivity contribution is 5.72. The predicted octanol–water partition coefficient (Wildman–Crippen LogP) is 2.99. The van der Waals surface area contributed by atoms with Gasteiger partial charge in [0.1, 0.15) is 11.3 Å². The van der Waals surface area contributed by atoms with Gasteiger partial charge in [-0.1, -0.05) is 42.1 Å². The summed E-state index contributed by atoms with van der Waals surface area (Å²) in [7, 11) is 0. The molecule has 0 aliphatic rings. The number of aromatic hydroxyl groups is 1. The Morgan fingerprint density at radius 2 is 1.78 bits per heavy atom. The zero-order valence-corrected chi connectivity index (χ0v) is 9.74. The molecule has 0 unspecified atom stereocenters. The van der Waals surface area contributed by atoms with E-state index >= 15 is 0 Å². The fraction of sp³-hybridized carbons (Fsp3) is 0. The summed E-state index contributed by atoms with van der Waals surface area (Å²) in [4.78, 5) is 0. The van der Waals surface area contributed by atoms with Gasteiger partial charge in [-0.2, -0.15) is 0 Å². The maximum Gasteiger partial charge on any atom is 0.115 e. The van der Waals surface area contributed by atoms with Crippen LogP contribution in [0.25, 0.3) is 17.1 Å². The number of rotatable bonds is 1. The van der Waals surface area contributed by atoms with Gasteiger partial charge in [0.05, 0.1) is 5.52 Å². The monoisotopic (exact) mass is 239 g/mol. The molecule has 3 rings (SSSR count). The van der Waals surface area contributed by atoms with Crippen molar-refractivity contribution in [2.45, 2.75) is 0 Å². The van der Waals surface area contributed by atoms with Gasteiger partial charge in [0, 0.05) is 0 Å². The molecule has 0 amide bonds. The van der Waals surface area contributed by atoms with Crippen molar-refractivity contribution in [3.63, 3.8) is 0 Å². The third-order valence-electron chi connectivity index (χ3n) is 2.36. The number of hydrogen-bond donors (Lipinski definition) is 2. The van der Waals surface area contributed by atoms with Gasteiger partial charge in [0.25, 0.3) is 0 Å². The number of fused-ring (bicyclic) bond motifs is 1. The van der Waals surface area contributed by atoms with Crippen molar-refractivity contribution in [2.24, 2.45) is 0 Å². The zero-order chi connectivity index (χ0) is 12.8. The first-order valence-corrected chi connectivity index (χ1v) is 5.47. The topological polar surface area (TPSA) is 61.8 Å². The zero-order valence-electron chi connectivity index (χ0n) is 9.74. The van der Waals surface area contributed by atoms with Crippen molar-refractivity contribution in [1.82, 2.24) is 15.4 Å². The molecule has 1 aromatic heterocycles. The van der Waals surface area contributed by atoms with E-state index in [0.717, 1.165) is 16.6 Å². The second-order valence-corrected chi connectivity index (χ2v) is 3.62. The molecule has 0 spiro atoms. The van der Waals surface area contributed by atoms with E-state index in [1.807, 2.05) is 36.4 Å². The van der Waals surface area contributed by atoms with E-state index < -0.39 is 0 Å². The summed E-state index contributed by atoms with van der Waals surface area (Å²) < 4.78 is 0. The first kappa shape index (κ1) is 11.9. The molecule has 3 aromatic rings. The van der Waals surface area contributed by atoms with Gasteiger partial charge in [0.15, 0.2) is 0 Å². The second-order valence-electron chi connectivity index (χ2n) is 3.62. The Balaban J connectivity index is 0.000000134. The van der Waals surface area contributed by atoms with Crippen molar-refractivity contribution < 1.29 is 5.11 Å². The third kappa shape index (κ3) is 2.95. The minimum absolute atomic E-state index is 0.292. The maximum absolute atomic E-state index is 8.82. The van der Waals surface area contributed by atoms with E-state index in [2.05, 4.69) is 22.0 Å². The molecule has 0 radical (unpaired) electrons. The molecular formula is C14H13N3O. The van der Waals surface area contributed by atoms with Gasteiger partial charge < -0.3 is 5.11 Å². The molecule has 0 aliphatic carbocycles. The predicted molar refractivity (Wildman–Crippen MR) is 72.1 cm³/mol. The molecule has 0 bridgehead atoms.